The third-order valence-electron chi connectivity index (χ3n) is 4.95. The monoisotopic (exact) mass is 404 g/mol. The number of aliphatic imine (C=N–C) groups is 1. The summed E-state index contributed by atoms with van der Waals surface area (Å²) in [5.74, 6) is 0.499. The largest absolute Gasteiger partial charge is 0.369 e. The highest BCUT2D eigenvalue weighted by Gasteiger charge is 2.34. The van der Waals surface area contributed by atoms with Crippen LogP contribution < -0.4 is 4.90 Å². The number of benzene rings is 2. The molecule has 2 aromatic rings. The summed E-state index contributed by atoms with van der Waals surface area (Å²) >= 11 is 10.1. The molecule has 0 aromatic heterocycles. The van der Waals surface area contributed by atoms with Crippen molar-refractivity contribution in [1.82, 2.24) is 0 Å². The molecule has 0 saturated heterocycles. The van der Waals surface area contributed by atoms with E-state index in [4.69, 9.17) is 11.6 Å². The molecule has 2 nitrogen and oxygen atoms in total. The summed E-state index contributed by atoms with van der Waals surface area (Å²) in [7, 11) is 2.15. The standard InChI is InChI=1S/C20H22BrClN2/c1-13-11-20(2,3)24(4)19-10-17(22)14(9-15(13)19)12-23-18-8-6-5-7-16(18)21/h5-10,12-13H,11H2,1-4H3. The first kappa shape index (κ1) is 17.5. The first-order valence-electron chi connectivity index (χ1n) is 8.15. The molecular formula is C20H22BrClN2. The van der Waals surface area contributed by atoms with Gasteiger partial charge < -0.3 is 4.90 Å². The van der Waals surface area contributed by atoms with E-state index in [1.54, 1.807) is 0 Å². The molecule has 0 aliphatic carbocycles. The highest BCUT2D eigenvalue weighted by molar-refractivity contribution is 9.10. The maximum atomic E-state index is 6.54. The van der Waals surface area contributed by atoms with Gasteiger partial charge in [-0.15, -0.1) is 0 Å². The van der Waals surface area contributed by atoms with Gasteiger partial charge in [-0.05, 0) is 71.9 Å². The molecule has 0 amide bonds. The van der Waals surface area contributed by atoms with Crippen LogP contribution in [0.3, 0.4) is 0 Å². The quantitative estimate of drug-likeness (QED) is 0.515. The van der Waals surface area contributed by atoms with Crippen LogP contribution in [0.5, 0.6) is 0 Å². The second kappa shape index (κ2) is 6.53. The van der Waals surface area contributed by atoms with Crippen molar-refractivity contribution in [3.63, 3.8) is 0 Å². The lowest BCUT2D eigenvalue weighted by atomic mass is 9.80. The van der Waals surface area contributed by atoms with Crippen LogP contribution in [0.1, 0.15) is 44.2 Å². The highest BCUT2D eigenvalue weighted by atomic mass is 79.9. The van der Waals surface area contributed by atoms with Gasteiger partial charge in [0.05, 0.1) is 10.7 Å². The molecule has 4 heteroatoms. The van der Waals surface area contributed by atoms with Gasteiger partial charge in [0, 0.05) is 34.5 Å². The van der Waals surface area contributed by atoms with Gasteiger partial charge in [0.25, 0.3) is 0 Å². The fourth-order valence-electron chi connectivity index (χ4n) is 3.40. The molecule has 0 radical (unpaired) electrons. The lowest BCUT2D eigenvalue weighted by Crippen LogP contribution is -2.45. The van der Waals surface area contributed by atoms with E-state index in [0.29, 0.717) is 5.92 Å². The normalized spacial score (nSPS) is 19.6. The number of nitrogens with zero attached hydrogens (tertiary/aromatic N) is 2. The Morgan fingerprint density at radius 3 is 2.71 bits per heavy atom. The van der Waals surface area contributed by atoms with E-state index in [-0.39, 0.29) is 5.54 Å². The summed E-state index contributed by atoms with van der Waals surface area (Å²) in [4.78, 5) is 6.92. The zero-order valence-corrected chi connectivity index (χ0v) is 16.8. The van der Waals surface area contributed by atoms with E-state index in [0.717, 1.165) is 27.2 Å². The van der Waals surface area contributed by atoms with E-state index in [9.17, 15) is 0 Å². The number of halogens is 2. The number of hydrogen-bond donors (Lipinski definition) is 0. The topological polar surface area (TPSA) is 15.6 Å². The number of anilines is 1. The SMILES string of the molecule is CC1CC(C)(C)N(C)c2cc(Cl)c(C=Nc3ccccc3Br)cc21. The molecule has 24 heavy (non-hydrogen) atoms. The smallest absolute Gasteiger partial charge is 0.0771 e. The molecule has 0 N–H and O–H groups in total. The van der Waals surface area contributed by atoms with Crippen LogP contribution >= 0.6 is 27.5 Å². The van der Waals surface area contributed by atoms with E-state index in [1.165, 1.54) is 11.3 Å². The molecule has 1 aliphatic heterocycles. The van der Waals surface area contributed by atoms with Crippen LogP contribution in [0, 0.1) is 0 Å². The van der Waals surface area contributed by atoms with Crippen LogP contribution in [0.2, 0.25) is 5.02 Å². The highest BCUT2D eigenvalue weighted by Crippen LogP contribution is 2.44. The summed E-state index contributed by atoms with van der Waals surface area (Å²) < 4.78 is 0.977. The van der Waals surface area contributed by atoms with E-state index in [2.05, 4.69) is 65.8 Å². The van der Waals surface area contributed by atoms with E-state index >= 15 is 0 Å². The van der Waals surface area contributed by atoms with Gasteiger partial charge in [-0.1, -0.05) is 30.7 Å². The second-order valence-corrected chi connectivity index (χ2v) is 8.38. The molecule has 0 saturated carbocycles. The average molecular weight is 406 g/mol. The summed E-state index contributed by atoms with van der Waals surface area (Å²) in [6.45, 7) is 6.85. The molecular weight excluding hydrogens is 384 g/mol. The zero-order valence-electron chi connectivity index (χ0n) is 14.5. The molecule has 0 spiro atoms. The van der Waals surface area contributed by atoms with Crippen LogP contribution in [-0.2, 0) is 0 Å². The Morgan fingerprint density at radius 2 is 2.00 bits per heavy atom. The predicted molar refractivity (Wildman–Crippen MR) is 108 cm³/mol. The van der Waals surface area contributed by atoms with Crippen LogP contribution in [-0.4, -0.2) is 18.8 Å². The minimum atomic E-state index is 0.139. The minimum absolute atomic E-state index is 0.139. The van der Waals surface area contributed by atoms with Crippen LogP contribution in [0.15, 0.2) is 45.9 Å². The lowest BCUT2D eigenvalue weighted by Gasteiger charge is -2.45. The first-order valence-corrected chi connectivity index (χ1v) is 9.32. The number of para-hydroxylation sites is 1. The number of hydrogen-bond acceptors (Lipinski definition) is 2. The zero-order chi connectivity index (χ0) is 17.5. The van der Waals surface area contributed by atoms with Gasteiger partial charge in [-0.25, -0.2) is 0 Å². The van der Waals surface area contributed by atoms with Gasteiger partial charge >= 0.3 is 0 Å². The Labute approximate surface area is 157 Å². The van der Waals surface area contributed by atoms with Gasteiger partial charge in [-0.2, -0.15) is 0 Å². The fourth-order valence-corrected chi connectivity index (χ4v) is 3.99. The maximum absolute atomic E-state index is 6.54. The Balaban J connectivity index is 2.01. The van der Waals surface area contributed by atoms with Gasteiger partial charge in [0.1, 0.15) is 0 Å². The fraction of sp³-hybridized carbons (Fsp3) is 0.350. The van der Waals surface area contributed by atoms with Crippen molar-refractivity contribution in [2.24, 2.45) is 4.99 Å². The van der Waals surface area contributed by atoms with E-state index in [1.807, 2.05) is 30.5 Å². The Morgan fingerprint density at radius 1 is 1.29 bits per heavy atom. The number of fused-ring (bicyclic) bond motifs is 1. The molecule has 1 unspecified atom stereocenters. The molecule has 0 bridgehead atoms. The minimum Gasteiger partial charge on any atom is -0.369 e. The molecule has 3 rings (SSSR count). The molecule has 1 atom stereocenters. The van der Waals surface area contributed by atoms with Crippen molar-refractivity contribution >= 4 is 45.1 Å². The summed E-state index contributed by atoms with van der Waals surface area (Å²) in [6.07, 6.45) is 2.98. The third kappa shape index (κ3) is 3.25. The number of rotatable bonds is 2. The van der Waals surface area contributed by atoms with Crippen molar-refractivity contribution in [3.05, 3.63) is 57.0 Å². The molecule has 0 fully saturated rings. The van der Waals surface area contributed by atoms with Gasteiger partial charge in [0.15, 0.2) is 0 Å². The van der Waals surface area contributed by atoms with Crippen molar-refractivity contribution in [2.75, 3.05) is 11.9 Å². The Hall–Kier alpha value is -1.32. The maximum Gasteiger partial charge on any atom is 0.0771 e. The first-order chi connectivity index (χ1) is 11.3. The molecule has 1 heterocycles. The van der Waals surface area contributed by atoms with Gasteiger partial charge in [-0.3, -0.25) is 4.99 Å². The van der Waals surface area contributed by atoms with Crippen LogP contribution in [0.4, 0.5) is 11.4 Å². The predicted octanol–water partition coefficient (Wildman–Crippen LogP) is 6.58. The lowest BCUT2D eigenvalue weighted by molar-refractivity contribution is 0.395. The van der Waals surface area contributed by atoms with Crippen molar-refractivity contribution in [1.29, 1.82) is 0 Å². The van der Waals surface area contributed by atoms with Crippen LogP contribution in [0.25, 0.3) is 0 Å². The molecule has 1 aliphatic rings. The second-order valence-electron chi connectivity index (χ2n) is 7.12. The Bertz CT molecular complexity index is 798. The average Bonchev–Trinajstić information content (AvgIpc) is 2.52. The molecule has 126 valence electrons. The Kier molecular flexibility index (Phi) is 4.76. The molecule has 2 aromatic carbocycles. The van der Waals surface area contributed by atoms with Crippen molar-refractivity contribution in [2.45, 2.75) is 38.6 Å². The van der Waals surface area contributed by atoms with Gasteiger partial charge in [0.2, 0.25) is 0 Å². The van der Waals surface area contributed by atoms with Crippen molar-refractivity contribution < 1.29 is 0 Å². The van der Waals surface area contributed by atoms with Crippen molar-refractivity contribution in [3.8, 4) is 0 Å². The third-order valence-corrected chi connectivity index (χ3v) is 5.95. The summed E-state index contributed by atoms with van der Waals surface area (Å²) in [5, 5.41) is 0.737. The van der Waals surface area contributed by atoms with E-state index < -0.39 is 0 Å². The summed E-state index contributed by atoms with van der Waals surface area (Å²) in [5.41, 5.74) is 4.57. The summed E-state index contributed by atoms with van der Waals surface area (Å²) in [6, 6.07) is 12.2.